The van der Waals surface area contributed by atoms with Crippen LogP contribution >= 0.6 is 27.7 Å². The van der Waals surface area contributed by atoms with Crippen molar-refractivity contribution in [1.29, 1.82) is 0 Å². The van der Waals surface area contributed by atoms with E-state index in [0.29, 0.717) is 30.4 Å². The highest BCUT2D eigenvalue weighted by Gasteiger charge is 2.12. The number of hydrogen-bond donors (Lipinski definition) is 1. The molecule has 3 rings (SSSR count). The lowest BCUT2D eigenvalue weighted by molar-refractivity contribution is -0.113. The van der Waals surface area contributed by atoms with Crippen molar-refractivity contribution in [1.82, 2.24) is 0 Å². The fraction of sp³-hybridized carbons (Fsp3) is 0.235. The second kappa shape index (κ2) is 7.75. The molecule has 0 saturated carbocycles. The van der Waals surface area contributed by atoms with Crippen molar-refractivity contribution >= 4 is 39.3 Å². The third-order valence-corrected chi connectivity index (χ3v) is 5.25. The number of benzene rings is 2. The van der Waals surface area contributed by atoms with Gasteiger partial charge in [-0.2, -0.15) is 0 Å². The third kappa shape index (κ3) is 4.42. The van der Waals surface area contributed by atoms with E-state index >= 15 is 0 Å². The van der Waals surface area contributed by atoms with Crippen LogP contribution in [0.15, 0.2) is 51.8 Å². The highest BCUT2D eigenvalue weighted by Crippen LogP contribution is 2.32. The van der Waals surface area contributed by atoms with Crippen LogP contribution in [0.5, 0.6) is 11.5 Å². The van der Waals surface area contributed by atoms with Gasteiger partial charge < -0.3 is 14.8 Å². The van der Waals surface area contributed by atoms with Crippen molar-refractivity contribution < 1.29 is 14.3 Å². The molecule has 0 unspecified atom stereocenters. The van der Waals surface area contributed by atoms with E-state index in [1.54, 1.807) is 0 Å². The summed E-state index contributed by atoms with van der Waals surface area (Å²) in [6, 6.07) is 13.3. The standard InChI is InChI=1S/C17H16BrNO3S/c18-13-4-1-2-5-16(13)23-11-17(20)19-12-6-7-14-15(10-12)22-9-3-8-21-14/h1-2,4-7,10H,3,8-9,11H2,(H,19,20). The maximum absolute atomic E-state index is 12.1. The maximum atomic E-state index is 12.1. The molecule has 6 heteroatoms. The Labute approximate surface area is 147 Å². The van der Waals surface area contributed by atoms with Crippen molar-refractivity contribution in [3.63, 3.8) is 0 Å². The number of anilines is 1. The Morgan fingerprint density at radius 3 is 2.74 bits per heavy atom. The second-order valence-electron chi connectivity index (χ2n) is 4.98. The van der Waals surface area contributed by atoms with E-state index in [2.05, 4.69) is 21.2 Å². The van der Waals surface area contributed by atoms with Crippen LogP contribution < -0.4 is 14.8 Å². The number of ether oxygens (including phenoxy) is 2. The first-order valence-electron chi connectivity index (χ1n) is 7.29. The molecule has 0 atom stereocenters. The van der Waals surface area contributed by atoms with Crippen molar-refractivity contribution in [3.05, 3.63) is 46.9 Å². The van der Waals surface area contributed by atoms with Gasteiger partial charge in [0.05, 0.1) is 19.0 Å². The number of amides is 1. The Bertz CT molecular complexity index is 708. The molecule has 23 heavy (non-hydrogen) atoms. The van der Waals surface area contributed by atoms with Crippen molar-refractivity contribution in [2.24, 2.45) is 0 Å². The van der Waals surface area contributed by atoms with Gasteiger partial charge in [0.15, 0.2) is 11.5 Å². The van der Waals surface area contributed by atoms with Gasteiger partial charge in [-0.05, 0) is 40.2 Å². The van der Waals surface area contributed by atoms with E-state index in [4.69, 9.17) is 9.47 Å². The average molecular weight is 394 g/mol. The first kappa shape index (κ1) is 16.2. The fourth-order valence-corrected chi connectivity index (χ4v) is 3.51. The first-order chi connectivity index (χ1) is 11.2. The molecule has 2 aromatic carbocycles. The maximum Gasteiger partial charge on any atom is 0.234 e. The zero-order valence-electron chi connectivity index (χ0n) is 12.4. The smallest absolute Gasteiger partial charge is 0.234 e. The molecular weight excluding hydrogens is 378 g/mol. The van der Waals surface area contributed by atoms with Gasteiger partial charge in [0.25, 0.3) is 0 Å². The summed E-state index contributed by atoms with van der Waals surface area (Å²) in [6.45, 7) is 1.28. The van der Waals surface area contributed by atoms with E-state index in [-0.39, 0.29) is 5.91 Å². The fourth-order valence-electron chi connectivity index (χ4n) is 2.14. The zero-order valence-corrected chi connectivity index (χ0v) is 14.8. The van der Waals surface area contributed by atoms with Crippen LogP contribution in [0.25, 0.3) is 0 Å². The first-order valence-corrected chi connectivity index (χ1v) is 9.07. The molecule has 120 valence electrons. The Balaban J connectivity index is 1.60. The summed E-state index contributed by atoms with van der Waals surface area (Å²) in [5.74, 6) is 1.69. The highest BCUT2D eigenvalue weighted by atomic mass is 79.9. The number of rotatable bonds is 4. The van der Waals surface area contributed by atoms with Crippen molar-refractivity contribution in [2.45, 2.75) is 11.3 Å². The van der Waals surface area contributed by atoms with Gasteiger partial charge in [-0.15, -0.1) is 11.8 Å². The summed E-state index contributed by atoms with van der Waals surface area (Å²) < 4.78 is 12.2. The molecule has 0 aromatic heterocycles. The summed E-state index contributed by atoms with van der Waals surface area (Å²) >= 11 is 4.97. The van der Waals surface area contributed by atoms with Gasteiger partial charge in [0.2, 0.25) is 5.91 Å². The molecule has 0 aliphatic carbocycles. The molecule has 0 bridgehead atoms. The Morgan fingerprint density at radius 1 is 1.13 bits per heavy atom. The van der Waals surface area contributed by atoms with E-state index < -0.39 is 0 Å². The predicted octanol–water partition coefficient (Wildman–Crippen LogP) is 4.34. The van der Waals surface area contributed by atoms with Gasteiger partial charge in [-0.3, -0.25) is 4.79 Å². The average Bonchev–Trinajstić information content (AvgIpc) is 2.79. The number of nitrogens with one attached hydrogen (secondary N) is 1. The molecule has 1 heterocycles. The van der Waals surface area contributed by atoms with Crippen molar-refractivity contribution in [2.75, 3.05) is 24.3 Å². The second-order valence-corrected chi connectivity index (χ2v) is 6.85. The Kier molecular flexibility index (Phi) is 5.46. The third-order valence-electron chi connectivity index (χ3n) is 3.23. The highest BCUT2D eigenvalue weighted by molar-refractivity contribution is 9.10. The number of halogens is 1. The number of thioether (sulfide) groups is 1. The van der Waals surface area contributed by atoms with Crippen LogP contribution in [0, 0.1) is 0 Å². The largest absolute Gasteiger partial charge is 0.490 e. The predicted molar refractivity (Wildman–Crippen MR) is 95.5 cm³/mol. The lowest BCUT2D eigenvalue weighted by Crippen LogP contribution is -2.14. The van der Waals surface area contributed by atoms with Crippen molar-refractivity contribution in [3.8, 4) is 11.5 Å². The molecular formula is C17H16BrNO3S. The van der Waals surface area contributed by atoms with E-state index in [0.717, 1.165) is 21.5 Å². The Morgan fingerprint density at radius 2 is 1.91 bits per heavy atom. The zero-order chi connectivity index (χ0) is 16.1. The summed E-state index contributed by atoms with van der Waals surface area (Å²) in [6.07, 6.45) is 0.860. The molecule has 1 aliphatic heterocycles. The number of fused-ring (bicyclic) bond motifs is 1. The molecule has 0 radical (unpaired) electrons. The minimum Gasteiger partial charge on any atom is -0.490 e. The molecule has 1 amide bonds. The summed E-state index contributed by atoms with van der Waals surface area (Å²) in [5, 5.41) is 2.89. The van der Waals surface area contributed by atoms with Gasteiger partial charge in [0, 0.05) is 27.5 Å². The lowest BCUT2D eigenvalue weighted by Gasteiger charge is -2.10. The monoisotopic (exact) mass is 393 g/mol. The lowest BCUT2D eigenvalue weighted by atomic mass is 10.2. The minimum atomic E-state index is -0.0553. The molecule has 2 aromatic rings. The number of hydrogen-bond acceptors (Lipinski definition) is 4. The topological polar surface area (TPSA) is 47.6 Å². The summed E-state index contributed by atoms with van der Waals surface area (Å²) in [7, 11) is 0. The number of carbonyl (C=O) groups is 1. The van der Waals surface area contributed by atoms with Gasteiger partial charge in [0.1, 0.15) is 0 Å². The Hall–Kier alpha value is -1.66. The molecule has 0 spiro atoms. The molecule has 1 N–H and O–H groups in total. The van der Waals surface area contributed by atoms with Crippen LogP contribution in [0.2, 0.25) is 0 Å². The minimum absolute atomic E-state index is 0.0553. The van der Waals surface area contributed by atoms with E-state index in [1.165, 1.54) is 11.8 Å². The van der Waals surface area contributed by atoms with Crippen LogP contribution in [0.1, 0.15) is 6.42 Å². The summed E-state index contributed by atoms with van der Waals surface area (Å²) in [4.78, 5) is 13.2. The molecule has 0 saturated heterocycles. The summed E-state index contributed by atoms with van der Waals surface area (Å²) in [5.41, 5.74) is 0.715. The van der Waals surface area contributed by atoms with Gasteiger partial charge in [-0.1, -0.05) is 12.1 Å². The van der Waals surface area contributed by atoms with E-state index in [9.17, 15) is 4.79 Å². The molecule has 4 nitrogen and oxygen atoms in total. The van der Waals surface area contributed by atoms with Crippen LogP contribution in [-0.2, 0) is 4.79 Å². The quantitative estimate of drug-likeness (QED) is 0.784. The van der Waals surface area contributed by atoms with Crippen LogP contribution in [-0.4, -0.2) is 24.9 Å². The normalized spacial score (nSPS) is 13.3. The van der Waals surface area contributed by atoms with E-state index in [1.807, 2.05) is 42.5 Å². The van der Waals surface area contributed by atoms with Crippen LogP contribution in [0.4, 0.5) is 5.69 Å². The molecule has 1 aliphatic rings. The molecule has 0 fully saturated rings. The number of carbonyl (C=O) groups excluding carboxylic acids is 1. The van der Waals surface area contributed by atoms with Gasteiger partial charge in [-0.25, -0.2) is 0 Å². The van der Waals surface area contributed by atoms with Gasteiger partial charge >= 0.3 is 0 Å². The SMILES string of the molecule is O=C(CSc1ccccc1Br)Nc1ccc2c(c1)OCCCO2. The van der Waals surface area contributed by atoms with Crippen LogP contribution in [0.3, 0.4) is 0 Å².